The van der Waals surface area contributed by atoms with Crippen LogP contribution in [0.4, 0.5) is 11.5 Å². The normalized spacial score (nSPS) is 14.7. The summed E-state index contributed by atoms with van der Waals surface area (Å²) >= 11 is 12.6. The molecule has 2 N–H and O–H groups in total. The maximum absolute atomic E-state index is 13.8. The van der Waals surface area contributed by atoms with E-state index >= 15 is 0 Å². The van der Waals surface area contributed by atoms with Gasteiger partial charge in [-0.3, -0.25) is 19.4 Å². The number of methoxy groups -OCH3 is 1. The highest BCUT2D eigenvalue weighted by atomic mass is 35.5. The summed E-state index contributed by atoms with van der Waals surface area (Å²) in [6.07, 6.45) is 3.32. The van der Waals surface area contributed by atoms with E-state index in [2.05, 4.69) is 20.6 Å². The minimum Gasteiger partial charge on any atom is -0.495 e. The van der Waals surface area contributed by atoms with Crippen LogP contribution in [0.3, 0.4) is 0 Å². The molecule has 0 saturated carbocycles. The number of pyridine rings is 2. The maximum atomic E-state index is 13.8. The van der Waals surface area contributed by atoms with Gasteiger partial charge in [-0.05, 0) is 60.2 Å². The summed E-state index contributed by atoms with van der Waals surface area (Å²) in [5.41, 5.74) is 2.17. The van der Waals surface area contributed by atoms with Gasteiger partial charge < -0.3 is 20.3 Å². The zero-order valence-corrected chi connectivity index (χ0v) is 22.7. The number of fused-ring (bicyclic) bond motifs is 1. The second-order valence-electron chi connectivity index (χ2n) is 9.00. The average Bonchev–Trinajstić information content (AvgIpc) is 3.03. The molecule has 1 atom stereocenters. The quantitative estimate of drug-likeness (QED) is 0.311. The number of hydrogen-bond donors (Lipinski definition) is 2. The predicted molar refractivity (Wildman–Crippen MR) is 152 cm³/mol. The van der Waals surface area contributed by atoms with E-state index in [9.17, 15) is 14.4 Å². The number of nitrogens with zero attached hydrogens (tertiary/aromatic N) is 3. The lowest BCUT2D eigenvalue weighted by atomic mass is 10.0. The van der Waals surface area contributed by atoms with Crippen LogP contribution in [-0.4, -0.2) is 45.7 Å². The van der Waals surface area contributed by atoms with Crippen LogP contribution < -0.4 is 15.4 Å². The Labute approximate surface area is 240 Å². The number of amides is 3. The molecular weight excluding hydrogens is 553 g/mol. The number of aromatic nitrogens is 2. The summed E-state index contributed by atoms with van der Waals surface area (Å²) < 4.78 is 5.08. The van der Waals surface area contributed by atoms with Crippen molar-refractivity contribution in [2.45, 2.75) is 19.0 Å². The van der Waals surface area contributed by atoms with Crippen molar-refractivity contribution in [1.82, 2.24) is 14.9 Å². The first-order valence-corrected chi connectivity index (χ1v) is 13.0. The summed E-state index contributed by atoms with van der Waals surface area (Å²) in [7, 11) is 1.53. The number of carbonyl (C=O) groups excluding carboxylic acids is 3. The highest BCUT2D eigenvalue weighted by molar-refractivity contribution is 6.34. The zero-order chi connectivity index (χ0) is 28.2. The van der Waals surface area contributed by atoms with Gasteiger partial charge in [0.2, 0.25) is 5.91 Å². The van der Waals surface area contributed by atoms with E-state index < -0.39 is 11.9 Å². The highest BCUT2D eigenvalue weighted by Gasteiger charge is 2.36. The molecule has 2 aromatic carbocycles. The molecular formula is C29H23Cl2N5O4. The number of hydrogen-bond acceptors (Lipinski definition) is 6. The summed E-state index contributed by atoms with van der Waals surface area (Å²) in [6, 6.07) is 17.4. The third-order valence-corrected chi connectivity index (χ3v) is 6.93. The van der Waals surface area contributed by atoms with Crippen molar-refractivity contribution in [3.63, 3.8) is 0 Å². The average molecular weight is 576 g/mol. The third-order valence-electron chi connectivity index (χ3n) is 6.38. The van der Waals surface area contributed by atoms with Crippen LogP contribution in [0.5, 0.6) is 5.75 Å². The van der Waals surface area contributed by atoms with Crippen LogP contribution in [0.1, 0.15) is 32.0 Å². The fraction of sp³-hybridized carbons (Fsp3) is 0.138. The number of benzene rings is 2. The van der Waals surface area contributed by atoms with Crippen molar-refractivity contribution in [3.8, 4) is 5.75 Å². The van der Waals surface area contributed by atoms with Crippen molar-refractivity contribution in [2.24, 2.45) is 0 Å². The van der Waals surface area contributed by atoms with Crippen molar-refractivity contribution >= 4 is 52.4 Å². The molecule has 3 amide bonds. The molecule has 0 saturated heterocycles. The number of carbonyl (C=O) groups is 3. The molecule has 0 spiro atoms. The smallest absolute Gasteiger partial charge is 0.258 e. The first-order valence-electron chi connectivity index (χ1n) is 12.2. The first-order chi connectivity index (χ1) is 19.3. The molecule has 202 valence electrons. The van der Waals surface area contributed by atoms with E-state index in [1.165, 1.54) is 18.2 Å². The van der Waals surface area contributed by atoms with E-state index in [0.29, 0.717) is 39.1 Å². The van der Waals surface area contributed by atoms with Gasteiger partial charge in [0.25, 0.3) is 11.8 Å². The van der Waals surface area contributed by atoms with Crippen molar-refractivity contribution in [3.05, 3.63) is 112 Å². The molecule has 1 unspecified atom stereocenters. The van der Waals surface area contributed by atoms with Crippen molar-refractivity contribution in [1.29, 1.82) is 0 Å². The van der Waals surface area contributed by atoms with Gasteiger partial charge in [0, 0.05) is 29.9 Å². The van der Waals surface area contributed by atoms with Gasteiger partial charge in [-0.25, -0.2) is 4.98 Å². The van der Waals surface area contributed by atoms with Crippen LogP contribution in [0.2, 0.25) is 10.0 Å². The Balaban J connectivity index is 1.42. The van der Waals surface area contributed by atoms with E-state index in [4.69, 9.17) is 27.9 Å². The van der Waals surface area contributed by atoms with Crippen LogP contribution in [0, 0.1) is 0 Å². The number of halogens is 2. The summed E-state index contributed by atoms with van der Waals surface area (Å²) in [6.45, 7) is 0.0630. The predicted octanol–water partition coefficient (Wildman–Crippen LogP) is 5.25. The van der Waals surface area contributed by atoms with Gasteiger partial charge >= 0.3 is 0 Å². The molecule has 0 radical (unpaired) electrons. The molecule has 0 aliphatic carbocycles. The largest absolute Gasteiger partial charge is 0.495 e. The van der Waals surface area contributed by atoms with E-state index in [1.807, 2.05) is 6.07 Å². The number of nitrogens with one attached hydrogen (secondary N) is 2. The number of ether oxygens (including phenoxy) is 1. The molecule has 0 fully saturated rings. The summed E-state index contributed by atoms with van der Waals surface area (Å²) in [5.74, 6) is -0.269. The standard InChI is InChI=1S/C29H23Cl2N5O4/c1-40-20-7-10-26(33-15-20)35-27(37)21-8-5-17(12-23(21)31)16-36-25(14-19-4-2-3-11-32-19)28(38)34-24-13-18(30)6-9-22(24)29(36)39/h2-13,15,25H,14,16H2,1H3,(H,34,38)(H,33,35,37). The molecule has 2 aromatic heterocycles. The molecule has 11 heteroatoms. The van der Waals surface area contributed by atoms with E-state index in [1.54, 1.807) is 66.9 Å². The topological polar surface area (TPSA) is 114 Å². The van der Waals surface area contributed by atoms with Gasteiger partial charge in [0.15, 0.2) is 0 Å². The summed E-state index contributed by atoms with van der Waals surface area (Å²) in [4.78, 5) is 50.0. The van der Waals surface area contributed by atoms with Gasteiger partial charge in [-0.2, -0.15) is 0 Å². The molecule has 4 aromatic rings. The van der Waals surface area contributed by atoms with Crippen LogP contribution in [-0.2, 0) is 17.8 Å². The fourth-order valence-electron chi connectivity index (χ4n) is 4.36. The van der Waals surface area contributed by atoms with E-state index in [-0.39, 0.29) is 35.4 Å². The Morgan fingerprint density at radius 2 is 1.90 bits per heavy atom. The van der Waals surface area contributed by atoms with Crippen LogP contribution in [0.25, 0.3) is 0 Å². The Morgan fingerprint density at radius 1 is 1.05 bits per heavy atom. The maximum Gasteiger partial charge on any atom is 0.258 e. The number of anilines is 2. The molecule has 3 heterocycles. The zero-order valence-electron chi connectivity index (χ0n) is 21.2. The molecule has 0 bridgehead atoms. The monoisotopic (exact) mass is 575 g/mol. The molecule has 5 rings (SSSR count). The SMILES string of the molecule is COc1ccc(NC(=O)c2ccc(CN3C(=O)c4ccc(Cl)cc4NC(=O)C3Cc3ccccn3)cc2Cl)nc1. The molecule has 1 aliphatic rings. The van der Waals surface area contributed by atoms with Gasteiger partial charge in [-0.1, -0.05) is 35.3 Å². The molecule has 40 heavy (non-hydrogen) atoms. The first kappa shape index (κ1) is 27.1. The van der Waals surface area contributed by atoms with Gasteiger partial charge in [0.05, 0.1) is 35.1 Å². The van der Waals surface area contributed by atoms with Crippen LogP contribution in [0.15, 0.2) is 79.1 Å². The minimum absolute atomic E-state index is 0.0630. The Morgan fingerprint density at radius 3 is 2.60 bits per heavy atom. The molecule has 9 nitrogen and oxygen atoms in total. The lowest BCUT2D eigenvalue weighted by molar-refractivity contribution is -0.120. The van der Waals surface area contributed by atoms with Crippen molar-refractivity contribution in [2.75, 3.05) is 17.7 Å². The van der Waals surface area contributed by atoms with Crippen LogP contribution >= 0.6 is 23.2 Å². The Bertz CT molecular complexity index is 1580. The third kappa shape index (κ3) is 5.90. The summed E-state index contributed by atoms with van der Waals surface area (Å²) in [5, 5.41) is 6.12. The second kappa shape index (κ2) is 11.7. The fourth-order valence-corrected chi connectivity index (χ4v) is 4.82. The lowest BCUT2D eigenvalue weighted by Gasteiger charge is -2.29. The minimum atomic E-state index is -0.864. The van der Waals surface area contributed by atoms with Crippen molar-refractivity contribution < 1.29 is 19.1 Å². The lowest BCUT2D eigenvalue weighted by Crippen LogP contribution is -2.46. The van der Waals surface area contributed by atoms with E-state index in [0.717, 1.165) is 0 Å². The second-order valence-corrected chi connectivity index (χ2v) is 9.85. The van der Waals surface area contributed by atoms with Gasteiger partial charge in [-0.15, -0.1) is 0 Å². The Kier molecular flexibility index (Phi) is 7.95. The highest BCUT2D eigenvalue weighted by Crippen LogP contribution is 2.29. The Hall–Kier alpha value is -4.47. The molecule has 1 aliphatic heterocycles. The number of rotatable bonds is 7. The van der Waals surface area contributed by atoms with Gasteiger partial charge in [0.1, 0.15) is 17.6 Å².